The Balaban J connectivity index is 1.11. The lowest BCUT2D eigenvalue weighted by atomic mass is 9.87. The molecule has 0 saturated carbocycles. The molecule has 0 aromatic rings. The first kappa shape index (κ1) is 119. The van der Waals surface area contributed by atoms with Gasteiger partial charge in [0.25, 0.3) is 11.6 Å². The Labute approximate surface area is 790 Å². The Kier molecular flexibility index (Phi) is 55.3. The van der Waals surface area contributed by atoms with E-state index in [1.54, 1.807) is 6.08 Å². The summed E-state index contributed by atoms with van der Waals surface area (Å²) in [5.74, 6) is -14.5. The molecule has 25 N–H and O–H groups in total. The molecule has 135 heavy (non-hydrogen) atoms. The molecule has 0 aromatic carbocycles. The first-order chi connectivity index (χ1) is 64.6. The van der Waals surface area contributed by atoms with Crippen molar-refractivity contribution < 1.29 is 193 Å². The molecule has 12 unspecified atom stereocenters. The number of hydrogen-bond acceptors (Lipinski definition) is 37. The van der Waals surface area contributed by atoms with Gasteiger partial charge in [0.15, 0.2) is 25.2 Å². The normalized spacial score (nSPS) is 33.7. The van der Waals surface area contributed by atoms with E-state index in [4.69, 9.17) is 56.8 Å². The lowest BCUT2D eigenvalue weighted by molar-refractivity contribution is -0.390. The van der Waals surface area contributed by atoms with Crippen LogP contribution in [0.15, 0.2) is 12.2 Å². The van der Waals surface area contributed by atoms with Crippen molar-refractivity contribution in [2.75, 3.05) is 46.2 Å². The minimum atomic E-state index is -3.52. The molecule has 43 nitrogen and oxygen atoms in total. The Morgan fingerprint density at radius 2 is 0.763 bits per heavy atom. The summed E-state index contributed by atoms with van der Waals surface area (Å²) in [6.45, 7) is -0.487. The number of carbonyl (C=O) groups excluding carboxylic acids is 4. The fraction of sp³-hybridized carbons (Fsp3) is 0.913. The number of amides is 4. The highest BCUT2D eigenvalue weighted by molar-refractivity contribution is 5.78. The van der Waals surface area contributed by atoms with Crippen molar-refractivity contribution in [3.8, 4) is 0 Å². The van der Waals surface area contributed by atoms with Crippen LogP contribution in [0.3, 0.4) is 0 Å². The molecular formula is C92H164N4O39. The van der Waals surface area contributed by atoms with Crippen molar-refractivity contribution in [3.05, 3.63) is 12.2 Å². The Hall–Kier alpha value is -4.68. The van der Waals surface area contributed by atoms with Crippen LogP contribution in [0.2, 0.25) is 0 Å². The van der Waals surface area contributed by atoms with E-state index in [-0.39, 0.29) is 12.3 Å². The molecule has 6 aliphatic heterocycles. The Morgan fingerprint density at radius 1 is 0.400 bits per heavy atom. The number of allylic oxidation sites excluding steroid dienone is 1. The second kappa shape index (κ2) is 62.7. The van der Waals surface area contributed by atoms with Gasteiger partial charge >= 0.3 is 11.9 Å². The third-order valence-corrected chi connectivity index (χ3v) is 26.1. The lowest BCUT2D eigenvalue weighted by Gasteiger charge is -2.52. The highest BCUT2D eigenvalue weighted by Crippen LogP contribution is 2.43. The van der Waals surface area contributed by atoms with Gasteiger partial charge in [-0.1, -0.05) is 231 Å². The Bertz CT molecular complexity index is 3350. The molecule has 6 rings (SSSR count). The molecule has 0 bridgehead atoms. The number of aliphatic hydroxyl groups excluding tert-OH is 19. The summed E-state index contributed by atoms with van der Waals surface area (Å²) in [7, 11) is 0. The number of ether oxygens (including phenoxy) is 12. The third kappa shape index (κ3) is 36.9. The van der Waals surface area contributed by atoms with Crippen LogP contribution in [-0.4, -0.2) is 396 Å². The number of carbonyl (C=O) groups is 6. The van der Waals surface area contributed by atoms with Crippen LogP contribution in [0.4, 0.5) is 0 Å². The van der Waals surface area contributed by atoms with Gasteiger partial charge in [0.2, 0.25) is 23.6 Å². The van der Waals surface area contributed by atoms with Crippen LogP contribution in [0, 0.1) is 0 Å². The monoisotopic (exact) mass is 1950 g/mol. The van der Waals surface area contributed by atoms with Gasteiger partial charge in [-0.3, -0.25) is 19.2 Å². The fourth-order valence-corrected chi connectivity index (χ4v) is 18.3. The molecule has 6 heterocycles. The van der Waals surface area contributed by atoms with E-state index in [0.717, 1.165) is 72.1 Å². The number of unbranched alkanes of at least 4 members (excludes halogenated alkanes) is 33. The number of carboxylic acid groups (broad SMARTS) is 2. The van der Waals surface area contributed by atoms with Crippen molar-refractivity contribution in [2.24, 2.45) is 0 Å². The number of hydrogen-bond donors (Lipinski definition) is 25. The predicted molar refractivity (Wildman–Crippen MR) is 477 cm³/mol. The van der Waals surface area contributed by atoms with Crippen LogP contribution >= 0.6 is 0 Å². The maximum Gasteiger partial charge on any atom is 0.364 e. The number of nitrogens with one attached hydrogen (secondary N) is 4. The highest BCUT2D eigenvalue weighted by Gasteiger charge is 2.64. The van der Waals surface area contributed by atoms with Crippen molar-refractivity contribution >= 4 is 35.6 Å². The Morgan fingerprint density at radius 3 is 1.19 bits per heavy atom. The fourth-order valence-electron chi connectivity index (χ4n) is 18.3. The number of aliphatic hydroxyl groups is 19. The van der Waals surface area contributed by atoms with Crippen LogP contribution in [-0.2, 0) is 85.6 Å². The van der Waals surface area contributed by atoms with Crippen molar-refractivity contribution in [2.45, 2.75) is 486 Å². The van der Waals surface area contributed by atoms with Gasteiger partial charge in [-0.25, -0.2) is 9.59 Å². The smallest absolute Gasteiger partial charge is 0.364 e. The quantitative estimate of drug-likeness (QED) is 0.0263. The summed E-state index contributed by atoms with van der Waals surface area (Å²) in [6, 6.07) is -6.84. The standard InChI is InChI=1S/C92H164N4O39/c1-6-8-10-12-14-16-18-20-21-22-23-24-25-26-27-28-29-31-33-35-37-39-41-43-66(110)96-56(57(106)42-40-38-36-34-32-30-19-17-15-13-11-9-7-2)52-124-86-76(117)74(115)80(64(50-101)127-86)130-87-77(118)75(116)79(65(51-102)128-87)129-85-69(95-55(5)105)81(71(112)61(47-98)125-85)131-88-78(119)84(72(113)62(48-99)126-88)135-92(90(122)123)45-59(108)68(94-54(4)104)83(134-92)73(114)63(49-100)132-91(89(120)121)44-58(107)67(93-53(3)103)82(133-91)70(111)60(109)46-97/h40,42,56-65,67-88,97-102,106-109,111-119H,6-39,41,43-52H2,1-5H3,(H,93,103)(H,94,104)(H,95,105)(H,96,110)(H,120,121)(H,122,123)/b42-40+/t56-,57+,58?,59?,60+,61?,62?,63+,64?,65?,67+,68+,69?,70+,71-,72-,73+,74+,75+,76?,77?,78?,79-,80+,81+,82?,83?,84-,85-,86+,87-,88-,91+,92-/m0/s1. The summed E-state index contributed by atoms with van der Waals surface area (Å²) < 4.78 is 70.9. The third-order valence-electron chi connectivity index (χ3n) is 26.1. The van der Waals surface area contributed by atoms with E-state index in [9.17, 15) is 136 Å². The van der Waals surface area contributed by atoms with Crippen molar-refractivity contribution in [1.82, 2.24) is 21.3 Å². The maximum absolute atomic E-state index is 13.8. The summed E-state index contributed by atoms with van der Waals surface area (Å²) in [4.78, 5) is 78.9. The predicted octanol–water partition coefficient (Wildman–Crippen LogP) is -0.748. The topological polar surface area (TPSA) is 686 Å². The first-order valence-corrected chi connectivity index (χ1v) is 49.2. The molecule has 6 saturated heterocycles. The lowest BCUT2D eigenvalue weighted by Crippen LogP contribution is -2.72. The van der Waals surface area contributed by atoms with E-state index >= 15 is 0 Å². The van der Waals surface area contributed by atoms with Gasteiger partial charge in [0.05, 0.1) is 82.7 Å². The minimum Gasteiger partial charge on any atom is -0.477 e. The summed E-state index contributed by atoms with van der Waals surface area (Å²) >= 11 is 0. The summed E-state index contributed by atoms with van der Waals surface area (Å²) in [6.07, 6.45) is -17.8. The van der Waals surface area contributed by atoms with Gasteiger partial charge in [-0.15, -0.1) is 0 Å². The molecule has 4 amide bonds. The van der Waals surface area contributed by atoms with Gasteiger partial charge in [-0.2, -0.15) is 0 Å². The van der Waals surface area contributed by atoms with E-state index in [1.807, 2.05) is 6.08 Å². The molecule has 0 aromatic heterocycles. The van der Waals surface area contributed by atoms with E-state index < -0.39 is 296 Å². The molecule has 34 atom stereocenters. The van der Waals surface area contributed by atoms with E-state index in [0.29, 0.717) is 12.8 Å². The van der Waals surface area contributed by atoms with Gasteiger partial charge < -0.3 is 185 Å². The highest BCUT2D eigenvalue weighted by atomic mass is 16.8. The number of carboxylic acids is 2. The molecular weight excluding hydrogens is 1790 g/mol. The molecule has 0 spiro atoms. The van der Waals surface area contributed by atoms with Gasteiger partial charge in [0, 0.05) is 40.0 Å². The number of rotatable bonds is 67. The van der Waals surface area contributed by atoms with Crippen LogP contribution in [0.25, 0.3) is 0 Å². The van der Waals surface area contributed by atoms with Crippen molar-refractivity contribution in [1.29, 1.82) is 0 Å². The molecule has 0 aliphatic carbocycles. The zero-order valence-corrected chi connectivity index (χ0v) is 79.2. The van der Waals surface area contributed by atoms with Crippen LogP contribution in [0.5, 0.6) is 0 Å². The minimum absolute atomic E-state index is 0.151. The average molecular weight is 1950 g/mol. The zero-order chi connectivity index (χ0) is 99.5. The van der Waals surface area contributed by atoms with Crippen LogP contribution in [0.1, 0.15) is 279 Å². The SMILES string of the molecule is CCCCCCCCCCCCC/C=C/[C@@H](O)[C@H](CO[C@@H]1OC(CO)[C@@H](O[C@@H]2OC(CO)[C@H](O[C@@H]3OC(CO)[C@H](O)[C@H](O[C@@H]4OC(CO)[C@H](O)[C@H](O[C@]5(C(=O)O)CC(O)[C@@H](NC(C)=O)C([C@H](O)[C@@H](CO)O[C@]6(C(=O)O)CC(O)[C@@H](NC(C)=O)C([C@H](O)[C@H](O)CO)O6)O5)C4O)C3NC(C)=O)[C@H](O)C2O)[C@H](O)C1O)NC(=O)CCCCCCCCCCCCCCCCCCCCCCCCC. The second-order valence-electron chi connectivity index (χ2n) is 37.1. The molecule has 6 aliphatic rings. The van der Waals surface area contributed by atoms with Gasteiger partial charge in [-0.05, 0) is 19.3 Å². The van der Waals surface area contributed by atoms with E-state index in [2.05, 4.69) is 35.1 Å². The second-order valence-corrected chi connectivity index (χ2v) is 37.1. The summed E-state index contributed by atoms with van der Waals surface area (Å²) in [5, 5.41) is 247. The average Bonchev–Trinajstić information content (AvgIpc) is 0.747. The molecule has 786 valence electrons. The van der Waals surface area contributed by atoms with Crippen LogP contribution < -0.4 is 21.3 Å². The molecule has 6 fully saturated rings. The largest absolute Gasteiger partial charge is 0.477 e. The number of aliphatic carboxylic acids is 2. The molecule has 0 radical (unpaired) electrons. The van der Waals surface area contributed by atoms with Gasteiger partial charge in [0.1, 0.15) is 134 Å². The summed E-state index contributed by atoms with van der Waals surface area (Å²) in [5.41, 5.74) is 0. The zero-order valence-electron chi connectivity index (χ0n) is 79.2. The van der Waals surface area contributed by atoms with E-state index in [1.165, 1.54) is 161 Å². The van der Waals surface area contributed by atoms with Crippen molar-refractivity contribution in [3.63, 3.8) is 0 Å². The first-order valence-electron chi connectivity index (χ1n) is 49.2. The maximum atomic E-state index is 13.8. The molecule has 43 heteroatoms.